The quantitative estimate of drug-likeness (QED) is 0.670. The van der Waals surface area contributed by atoms with Crippen LogP contribution in [0.1, 0.15) is 18.2 Å². The minimum atomic E-state index is -0.532. The van der Waals surface area contributed by atoms with Gasteiger partial charge in [0.2, 0.25) is 5.91 Å². The van der Waals surface area contributed by atoms with Gasteiger partial charge >= 0.3 is 0 Å². The van der Waals surface area contributed by atoms with E-state index in [1.807, 2.05) is 13.0 Å². The molecule has 0 saturated carbocycles. The number of nitrogens with zero attached hydrogens (tertiary/aromatic N) is 1. The van der Waals surface area contributed by atoms with Crippen molar-refractivity contribution in [2.24, 2.45) is 0 Å². The number of anilines is 2. The van der Waals surface area contributed by atoms with Gasteiger partial charge in [0.25, 0.3) is 5.91 Å². The molecule has 2 aromatic rings. The normalized spacial score (nSPS) is 10.7. The van der Waals surface area contributed by atoms with E-state index in [1.54, 1.807) is 30.3 Å². The van der Waals surface area contributed by atoms with Gasteiger partial charge in [0.1, 0.15) is 17.4 Å². The molecule has 2 rings (SSSR count). The van der Waals surface area contributed by atoms with Crippen LogP contribution in [0.4, 0.5) is 11.4 Å². The molecule has 2 amide bonds. The third-order valence-corrected chi connectivity index (χ3v) is 3.01. The number of amides is 2. The van der Waals surface area contributed by atoms with E-state index in [-0.39, 0.29) is 11.5 Å². The van der Waals surface area contributed by atoms with Crippen LogP contribution < -0.4 is 10.6 Å². The van der Waals surface area contributed by atoms with E-state index in [0.717, 1.165) is 5.56 Å². The van der Waals surface area contributed by atoms with Gasteiger partial charge in [-0.15, -0.1) is 0 Å². The zero-order valence-electron chi connectivity index (χ0n) is 12.7. The number of benzene rings is 1. The average molecular weight is 309 g/mol. The molecule has 0 atom stereocenters. The van der Waals surface area contributed by atoms with Crippen molar-refractivity contribution in [3.63, 3.8) is 0 Å². The molecule has 0 fully saturated rings. The van der Waals surface area contributed by atoms with Gasteiger partial charge in [-0.05, 0) is 42.8 Å². The summed E-state index contributed by atoms with van der Waals surface area (Å²) < 4.78 is 5.20. The zero-order chi connectivity index (χ0) is 16.8. The number of rotatable bonds is 4. The van der Waals surface area contributed by atoms with E-state index in [2.05, 4.69) is 10.6 Å². The molecule has 0 aliphatic rings. The maximum Gasteiger partial charge on any atom is 0.266 e. The molecule has 23 heavy (non-hydrogen) atoms. The lowest BCUT2D eigenvalue weighted by Gasteiger charge is -2.06. The molecular weight excluding hydrogens is 294 g/mol. The predicted molar refractivity (Wildman–Crippen MR) is 86.4 cm³/mol. The van der Waals surface area contributed by atoms with Crippen LogP contribution in [0, 0.1) is 18.3 Å². The standard InChI is InChI=1S/C17H15N3O3/c1-11-7-8-23-16(11)9-13(10-18)17(22)20-15-5-3-14(4-6-15)19-12(2)21/h3-9H,1-2H3,(H,19,21)(H,20,22)/b13-9-. The Labute approximate surface area is 133 Å². The van der Waals surface area contributed by atoms with Gasteiger partial charge in [-0.2, -0.15) is 5.26 Å². The highest BCUT2D eigenvalue weighted by molar-refractivity contribution is 6.09. The van der Waals surface area contributed by atoms with Crippen LogP contribution in [-0.4, -0.2) is 11.8 Å². The fraction of sp³-hybridized carbons (Fsp3) is 0.118. The zero-order valence-corrected chi connectivity index (χ0v) is 12.7. The summed E-state index contributed by atoms with van der Waals surface area (Å²) in [5, 5.41) is 14.4. The molecule has 0 radical (unpaired) electrons. The Morgan fingerprint density at radius 1 is 1.13 bits per heavy atom. The van der Waals surface area contributed by atoms with Crippen LogP contribution in [0.25, 0.3) is 6.08 Å². The number of carbonyl (C=O) groups is 2. The van der Waals surface area contributed by atoms with Gasteiger partial charge in [0.15, 0.2) is 0 Å². The minimum Gasteiger partial charge on any atom is -0.465 e. The van der Waals surface area contributed by atoms with Crippen molar-refractivity contribution < 1.29 is 14.0 Å². The van der Waals surface area contributed by atoms with Gasteiger partial charge in [-0.25, -0.2) is 0 Å². The first-order valence-electron chi connectivity index (χ1n) is 6.84. The Kier molecular flexibility index (Phi) is 4.95. The van der Waals surface area contributed by atoms with Gasteiger partial charge in [-0.3, -0.25) is 9.59 Å². The van der Waals surface area contributed by atoms with Gasteiger partial charge in [-0.1, -0.05) is 0 Å². The smallest absolute Gasteiger partial charge is 0.266 e. The van der Waals surface area contributed by atoms with Crippen molar-refractivity contribution in [1.82, 2.24) is 0 Å². The largest absolute Gasteiger partial charge is 0.465 e. The first-order chi connectivity index (χ1) is 11.0. The fourth-order valence-corrected chi connectivity index (χ4v) is 1.85. The molecule has 0 aliphatic carbocycles. The van der Waals surface area contributed by atoms with Crippen LogP contribution in [-0.2, 0) is 9.59 Å². The average Bonchev–Trinajstić information content (AvgIpc) is 2.91. The predicted octanol–water partition coefficient (Wildman–Crippen LogP) is 3.09. The first-order valence-corrected chi connectivity index (χ1v) is 6.84. The number of furan rings is 1. The maximum absolute atomic E-state index is 12.1. The molecule has 6 nitrogen and oxygen atoms in total. The number of aryl methyl sites for hydroxylation is 1. The van der Waals surface area contributed by atoms with Gasteiger partial charge in [0, 0.05) is 24.4 Å². The number of nitrogens with one attached hydrogen (secondary N) is 2. The Hall–Kier alpha value is -3.33. The molecule has 2 N–H and O–H groups in total. The number of hydrogen-bond donors (Lipinski definition) is 2. The number of carbonyl (C=O) groups excluding carboxylic acids is 2. The Balaban J connectivity index is 2.11. The Morgan fingerprint density at radius 3 is 2.22 bits per heavy atom. The highest BCUT2D eigenvalue weighted by atomic mass is 16.3. The SMILES string of the molecule is CC(=O)Nc1ccc(NC(=O)/C(C#N)=C\c2occc2C)cc1. The molecule has 116 valence electrons. The van der Waals surface area contributed by atoms with Crippen molar-refractivity contribution in [2.75, 3.05) is 10.6 Å². The minimum absolute atomic E-state index is 0.0611. The molecule has 1 aromatic heterocycles. The van der Waals surface area contributed by atoms with E-state index < -0.39 is 5.91 Å². The Bertz CT molecular complexity index is 795. The molecular formula is C17H15N3O3. The number of nitriles is 1. The van der Waals surface area contributed by atoms with Crippen LogP contribution in [0.3, 0.4) is 0 Å². The second-order valence-corrected chi connectivity index (χ2v) is 4.85. The topological polar surface area (TPSA) is 95.1 Å². The number of hydrogen-bond acceptors (Lipinski definition) is 4. The van der Waals surface area contributed by atoms with Gasteiger partial charge in [0.05, 0.1) is 6.26 Å². The molecule has 1 aromatic carbocycles. The molecule has 0 unspecified atom stereocenters. The summed E-state index contributed by atoms with van der Waals surface area (Å²) in [7, 11) is 0. The summed E-state index contributed by atoms with van der Waals surface area (Å²) >= 11 is 0. The highest BCUT2D eigenvalue weighted by Gasteiger charge is 2.11. The van der Waals surface area contributed by atoms with E-state index in [9.17, 15) is 9.59 Å². The van der Waals surface area contributed by atoms with Crippen molar-refractivity contribution in [1.29, 1.82) is 5.26 Å². The molecule has 0 bridgehead atoms. The summed E-state index contributed by atoms with van der Waals surface area (Å²) in [6.45, 7) is 3.24. The lowest BCUT2D eigenvalue weighted by molar-refractivity contribution is -0.114. The molecule has 0 aliphatic heterocycles. The van der Waals surface area contributed by atoms with Gasteiger partial charge < -0.3 is 15.1 Å². The summed E-state index contributed by atoms with van der Waals surface area (Å²) in [6.07, 6.45) is 2.89. The lowest BCUT2D eigenvalue weighted by Crippen LogP contribution is -2.13. The van der Waals surface area contributed by atoms with E-state index in [4.69, 9.17) is 9.68 Å². The van der Waals surface area contributed by atoms with Crippen LogP contribution >= 0.6 is 0 Å². The lowest BCUT2D eigenvalue weighted by atomic mass is 10.2. The Morgan fingerprint density at radius 2 is 1.74 bits per heavy atom. The monoisotopic (exact) mass is 309 g/mol. The van der Waals surface area contributed by atoms with Crippen molar-refractivity contribution >= 4 is 29.3 Å². The van der Waals surface area contributed by atoms with Crippen molar-refractivity contribution in [3.05, 3.63) is 53.5 Å². The summed E-state index contributed by atoms with van der Waals surface area (Å²) in [5.74, 6) is -0.237. The first kappa shape index (κ1) is 16.0. The van der Waals surface area contributed by atoms with Crippen molar-refractivity contribution in [2.45, 2.75) is 13.8 Å². The maximum atomic E-state index is 12.1. The third kappa shape index (κ3) is 4.32. The fourth-order valence-electron chi connectivity index (χ4n) is 1.85. The third-order valence-electron chi connectivity index (χ3n) is 3.01. The second-order valence-electron chi connectivity index (χ2n) is 4.85. The molecule has 6 heteroatoms. The summed E-state index contributed by atoms with van der Waals surface area (Å²) in [5.41, 5.74) is 1.92. The second kappa shape index (κ2) is 7.09. The van der Waals surface area contributed by atoms with Crippen LogP contribution in [0.15, 0.2) is 46.6 Å². The van der Waals surface area contributed by atoms with Crippen LogP contribution in [0.2, 0.25) is 0 Å². The van der Waals surface area contributed by atoms with E-state index in [0.29, 0.717) is 17.1 Å². The van der Waals surface area contributed by atoms with Crippen LogP contribution in [0.5, 0.6) is 0 Å². The van der Waals surface area contributed by atoms with Crippen molar-refractivity contribution in [3.8, 4) is 6.07 Å². The highest BCUT2D eigenvalue weighted by Crippen LogP contribution is 2.16. The van der Waals surface area contributed by atoms with E-state index in [1.165, 1.54) is 19.3 Å². The molecule has 0 spiro atoms. The summed E-state index contributed by atoms with van der Waals surface area (Å²) in [6, 6.07) is 10.2. The van der Waals surface area contributed by atoms with E-state index >= 15 is 0 Å². The molecule has 0 saturated heterocycles. The molecule has 1 heterocycles. The summed E-state index contributed by atoms with van der Waals surface area (Å²) in [4.78, 5) is 23.1.